The van der Waals surface area contributed by atoms with Gasteiger partial charge in [0.05, 0.1) is 0 Å². The minimum atomic E-state index is 1.05. The van der Waals surface area contributed by atoms with Crippen LogP contribution in [-0.2, 0) is 13.5 Å². The molecule has 2 heteroatoms. The quantitative estimate of drug-likeness (QED) is 0.187. The van der Waals surface area contributed by atoms with E-state index in [0.29, 0.717) is 0 Å². The molecule has 1 aliphatic heterocycles. The second-order valence-corrected chi connectivity index (χ2v) is 12.3. The molecule has 0 radical (unpaired) electrons. The van der Waals surface area contributed by atoms with Gasteiger partial charge in [-0.05, 0) is 88.9 Å². The standard InChI is InChI=1S/C43H37N2/c1-44-40(32-19-11-5-12-20-32)28-38(30-15-7-3-8-16-30)36-25-23-34(42(36)44)27-35-24-26-37-39(31-17-9-4-10-18-31)29-41(45(2)43(35)37)33-21-13-6-14-22-33/h3-22,27-29H,23-26H2,1-2H3/q+1. The van der Waals surface area contributed by atoms with Gasteiger partial charge >= 0.3 is 0 Å². The lowest BCUT2D eigenvalue weighted by atomic mass is 9.91. The van der Waals surface area contributed by atoms with Crippen LogP contribution in [0.1, 0.15) is 41.6 Å². The van der Waals surface area contributed by atoms with Crippen molar-refractivity contribution >= 4 is 16.8 Å². The fourth-order valence-corrected chi connectivity index (χ4v) is 7.64. The Morgan fingerprint density at radius 1 is 0.622 bits per heavy atom. The zero-order valence-corrected chi connectivity index (χ0v) is 26.0. The summed E-state index contributed by atoms with van der Waals surface area (Å²) in [6.07, 6.45) is 9.16. The minimum absolute atomic E-state index is 1.05. The highest BCUT2D eigenvalue weighted by molar-refractivity contribution is 5.92. The van der Waals surface area contributed by atoms with Crippen LogP contribution < -0.4 is 4.57 Å². The second-order valence-electron chi connectivity index (χ2n) is 12.3. The molecule has 0 saturated heterocycles. The first-order valence-corrected chi connectivity index (χ1v) is 16.1. The van der Waals surface area contributed by atoms with Crippen LogP contribution in [0.3, 0.4) is 0 Å². The fourth-order valence-electron chi connectivity index (χ4n) is 7.64. The summed E-state index contributed by atoms with van der Waals surface area (Å²) in [5, 5.41) is 0. The molecule has 5 aromatic rings. The number of benzene rings is 4. The summed E-state index contributed by atoms with van der Waals surface area (Å²) in [4.78, 5) is 2.45. The molecule has 8 rings (SSSR count). The summed E-state index contributed by atoms with van der Waals surface area (Å²) in [6, 6.07) is 45.9. The number of allylic oxidation sites excluding steroid dienone is 6. The normalized spacial score (nSPS) is 16.7. The molecule has 4 aromatic carbocycles. The zero-order valence-electron chi connectivity index (χ0n) is 26.0. The molecule has 1 aromatic heterocycles. The Morgan fingerprint density at radius 2 is 1.20 bits per heavy atom. The number of hydrogen-bond donors (Lipinski definition) is 0. The summed E-state index contributed by atoms with van der Waals surface area (Å²) >= 11 is 0. The monoisotopic (exact) mass is 581 g/mol. The topological polar surface area (TPSA) is 7.12 Å². The van der Waals surface area contributed by atoms with Gasteiger partial charge in [0.15, 0.2) is 0 Å². The molecule has 218 valence electrons. The van der Waals surface area contributed by atoms with Crippen LogP contribution in [-0.4, -0.2) is 11.9 Å². The van der Waals surface area contributed by atoms with E-state index in [2.05, 4.69) is 163 Å². The average Bonchev–Trinajstić information content (AvgIpc) is 3.72. The van der Waals surface area contributed by atoms with Gasteiger partial charge in [0.2, 0.25) is 11.4 Å². The van der Waals surface area contributed by atoms with Crippen molar-refractivity contribution in [1.29, 1.82) is 0 Å². The molecule has 2 aliphatic carbocycles. The zero-order chi connectivity index (χ0) is 30.3. The van der Waals surface area contributed by atoms with Gasteiger partial charge in [0, 0.05) is 41.2 Å². The number of fused-ring (bicyclic) bond motifs is 2. The summed E-state index contributed by atoms with van der Waals surface area (Å²) in [6.45, 7) is 0. The average molecular weight is 582 g/mol. The number of hydrogen-bond acceptors (Lipinski definition) is 1. The lowest BCUT2D eigenvalue weighted by molar-refractivity contribution is -0.662. The lowest BCUT2D eigenvalue weighted by Crippen LogP contribution is -2.36. The van der Waals surface area contributed by atoms with E-state index >= 15 is 0 Å². The largest absolute Gasteiger partial charge is 0.344 e. The molecule has 45 heavy (non-hydrogen) atoms. The van der Waals surface area contributed by atoms with Gasteiger partial charge in [-0.2, -0.15) is 4.57 Å². The summed E-state index contributed by atoms with van der Waals surface area (Å²) < 4.78 is 2.45. The van der Waals surface area contributed by atoms with Gasteiger partial charge < -0.3 is 4.90 Å². The molecule has 0 N–H and O–H groups in total. The lowest BCUT2D eigenvalue weighted by Gasteiger charge is -2.32. The molecule has 2 nitrogen and oxygen atoms in total. The SMILES string of the molecule is CN1C(c2ccccc2)=CC(c2ccccc2)=C2CCC(/C=C3\CCc4c(-c5ccccc5)cc(-c5ccccc5)[n+](C)c43)=C21. The maximum atomic E-state index is 2.55. The Hall–Kier alpha value is -5.21. The first-order chi connectivity index (χ1) is 22.2. The third kappa shape index (κ3) is 4.78. The molecule has 3 aliphatic rings. The highest BCUT2D eigenvalue weighted by Gasteiger charge is 2.35. The van der Waals surface area contributed by atoms with Crippen molar-refractivity contribution in [1.82, 2.24) is 4.90 Å². The number of aromatic nitrogens is 1. The van der Waals surface area contributed by atoms with Crippen LogP contribution in [0.2, 0.25) is 0 Å². The van der Waals surface area contributed by atoms with Gasteiger partial charge in [-0.1, -0.05) is 109 Å². The van der Waals surface area contributed by atoms with Gasteiger partial charge in [-0.15, -0.1) is 0 Å². The van der Waals surface area contributed by atoms with Gasteiger partial charge in [-0.3, -0.25) is 0 Å². The third-order valence-corrected chi connectivity index (χ3v) is 9.73. The Bertz CT molecular complexity index is 2030. The molecule has 0 saturated carbocycles. The van der Waals surface area contributed by atoms with Gasteiger partial charge in [-0.25, -0.2) is 0 Å². The van der Waals surface area contributed by atoms with Crippen molar-refractivity contribution in [2.75, 3.05) is 7.05 Å². The summed E-state index contributed by atoms with van der Waals surface area (Å²) in [7, 11) is 4.51. The third-order valence-electron chi connectivity index (χ3n) is 9.73. The van der Waals surface area contributed by atoms with E-state index in [-0.39, 0.29) is 0 Å². The summed E-state index contributed by atoms with van der Waals surface area (Å²) in [5.41, 5.74) is 18.8. The van der Waals surface area contributed by atoms with E-state index in [0.717, 1.165) is 25.7 Å². The van der Waals surface area contributed by atoms with E-state index in [9.17, 15) is 0 Å². The van der Waals surface area contributed by atoms with E-state index in [4.69, 9.17) is 0 Å². The first-order valence-electron chi connectivity index (χ1n) is 16.1. The molecule has 0 fully saturated rings. The molecule has 0 unspecified atom stereocenters. The maximum Gasteiger partial charge on any atom is 0.213 e. The summed E-state index contributed by atoms with van der Waals surface area (Å²) in [5.74, 6) is 0. The van der Waals surface area contributed by atoms with Gasteiger partial charge in [0.25, 0.3) is 0 Å². The molecule has 2 heterocycles. The van der Waals surface area contributed by atoms with Crippen LogP contribution >= 0.6 is 0 Å². The number of nitrogens with zero attached hydrogens (tertiary/aromatic N) is 2. The van der Waals surface area contributed by atoms with Gasteiger partial charge in [0.1, 0.15) is 7.05 Å². The highest BCUT2D eigenvalue weighted by atomic mass is 15.1. The van der Waals surface area contributed by atoms with E-state index in [1.165, 1.54) is 78.5 Å². The first kappa shape index (κ1) is 27.3. The molecule has 0 amide bonds. The van der Waals surface area contributed by atoms with Crippen molar-refractivity contribution in [2.45, 2.75) is 25.7 Å². The van der Waals surface area contributed by atoms with E-state index < -0.39 is 0 Å². The minimum Gasteiger partial charge on any atom is -0.344 e. The van der Waals surface area contributed by atoms with Crippen molar-refractivity contribution in [3.8, 4) is 22.4 Å². The van der Waals surface area contributed by atoms with Crippen LogP contribution in [0.4, 0.5) is 0 Å². The van der Waals surface area contributed by atoms with Crippen LogP contribution in [0, 0.1) is 0 Å². The van der Waals surface area contributed by atoms with E-state index in [1.807, 2.05) is 0 Å². The molecular formula is C43H37N2+. The number of likely N-dealkylation sites (N-methyl/N-ethyl adjacent to an activating group) is 1. The smallest absolute Gasteiger partial charge is 0.213 e. The maximum absolute atomic E-state index is 2.55. The van der Waals surface area contributed by atoms with Crippen LogP contribution in [0.15, 0.2) is 156 Å². The molecule has 0 atom stereocenters. The number of rotatable bonds is 5. The molecule has 0 bridgehead atoms. The Morgan fingerprint density at radius 3 is 1.84 bits per heavy atom. The van der Waals surface area contributed by atoms with Crippen LogP contribution in [0.5, 0.6) is 0 Å². The second kappa shape index (κ2) is 11.4. The van der Waals surface area contributed by atoms with Crippen molar-refractivity contribution in [3.05, 3.63) is 179 Å². The Kier molecular flexibility index (Phi) is 6.91. The van der Waals surface area contributed by atoms with Crippen molar-refractivity contribution in [3.63, 3.8) is 0 Å². The van der Waals surface area contributed by atoms with Crippen molar-refractivity contribution in [2.24, 2.45) is 7.05 Å². The Labute approximate surface area is 266 Å². The Balaban J connectivity index is 1.32. The fraction of sp³-hybridized carbons (Fsp3) is 0.140. The van der Waals surface area contributed by atoms with E-state index in [1.54, 1.807) is 0 Å². The van der Waals surface area contributed by atoms with Crippen LogP contribution in [0.25, 0.3) is 39.2 Å². The predicted octanol–water partition coefficient (Wildman–Crippen LogP) is 9.66. The number of pyridine rings is 1. The van der Waals surface area contributed by atoms with Crippen molar-refractivity contribution < 1.29 is 4.57 Å². The molecule has 0 spiro atoms. The molecular weight excluding hydrogens is 544 g/mol. The highest BCUT2D eigenvalue weighted by Crippen LogP contribution is 2.47. The predicted molar refractivity (Wildman–Crippen MR) is 187 cm³/mol.